The number of fused-ring (bicyclic) bond motifs is 1. The highest BCUT2D eigenvalue weighted by Crippen LogP contribution is 2.60. The molecule has 23 heavy (non-hydrogen) atoms. The lowest BCUT2D eigenvalue weighted by atomic mass is 9.47. The van der Waals surface area contributed by atoms with E-state index in [1.165, 1.54) is 6.42 Å². The van der Waals surface area contributed by atoms with Crippen molar-refractivity contribution in [2.45, 2.75) is 71.7 Å². The molecule has 2 aliphatic rings. The highest BCUT2D eigenvalue weighted by Gasteiger charge is 2.55. The lowest BCUT2D eigenvalue weighted by Gasteiger charge is -2.58. The van der Waals surface area contributed by atoms with Crippen molar-refractivity contribution in [2.24, 2.45) is 22.7 Å². The van der Waals surface area contributed by atoms with Gasteiger partial charge in [0.1, 0.15) is 6.10 Å². The third-order valence-electron chi connectivity index (χ3n) is 6.73. The summed E-state index contributed by atoms with van der Waals surface area (Å²) in [7, 11) is 1.54. The van der Waals surface area contributed by atoms with Gasteiger partial charge < -0.3 is 20.1 Å². The van der Waals surface area contributed by atoms with Gasteiger partial charge in [0.2, 0.25) is 0 Å². The Morgan fingerprint density at radius 1 is 1.26 bits per heavy atom. The first-order valence-electron chi connectivity index (χ1n) is 8.87. The summed E-state index contributed by atoms with van der Waals surface area (Å²) in [5.74, 6) is 0.224. The number of hydrogen-bond donors (Lipinski definition) is 3. The number of rotatable bonds is 5. The molecule has 0 aromatic carbocycles. The zero-order chi connectivity index (χ0) is 17.4. The standard InChI is InChI=1S/C19H34O4/c1-12(23-5)16(21)17(22)15-13(11-20)7-8-14-18(2,3)9-6-10-19(14,15)4/h7,12,14-17,20-22H,6,8-11H2,1-5H3/t12?,14-,15+,16+,17-,19-/m0/s1. The van der Waals surface area contributed by atoms with Crippen molar-refractivity contribution in [3.05, 3.63) is 11.6 Å². The van der Waals surface area contributed by atoms with E-state index in [0.29, 0.717) is 5.92 Å². The van der Waals surface area contributed by atoms with Crippen LogP contribution < -0.4 is 0 Å². The van der Waals surface area contributed by atoms with Crippen LogP contribution >= 0.6 is 0 Å². The molecule has 2 rings (SSSR count). The van der Waals surface area contributed by atoms with Crippen molar-refractivity contribution >= 4 is 0 Å². The summed E-state index contributed by atoms with van der Waals surface area (Å²) in [6.45, 7) is 8.57. The Balaban J connectivity index is 2.40. The summed E-state index contributed by atoms with van der Waals surface area (Å²) in [6, 6.07) is 0. The largest absolute Gasteiger partial charge is 0.392 e. The van der Waals surface area contributed by atoms with Gasteiger partial charge in [-0.05, 0) is 48.5 Å². The normalized spacial score (nSPS) is 37.5. The Bertz CT molecular complexity index is 445. The molecule has 2 aliphatic carbocycles. The van der Waals surface area contributed by atoms with Crippen LogP contribution in [0.3, 0.4) is 0 Å². The van der Waals surface area contributed by atoms with E-state index >= 15 is 0 Å². The van der Waals surface area contributed by atoms with Gasteiger partial charge in [0.15, 0.2) is 0 Å². The van der Waals surface area contributed by atoms with Gasteiger partial charge in [-0.2, -0.15) is 0 Å². The zero-order valence-corrected chi connectivity index (χ0v) is 15.2. The van der Waals surface area contributed by atoms with Gasteiger partial charge in [0.25, 0.3) is 0 Å². The molecule has 1 saturated carbocycles. The van der Waals surface area contributed by atoms with E-state index in [4.69, 9.17) is 4.74 Å². The van der Waals surface area contributed by atoms with E-state index < -0.39 is 18.3 Å². The van der Waals surface area contributed by atoms with Crippen LogP contribution in [-0.4, -0.2) is 47.3 Å². The predicted octanol–water partition coefficient (Wildman–Crippen LogP) is 2.51. The third-order valence-corrected chi connectivity index (χ3v) is 6.73. The molecule has 1 unspecified atom stereocenters. The molecule has 1 fully saturated rings. The van der Waals surface area contributed by atoms with Crippen molar-refractivity contribution in [1.29, 1.82) is 0 Å². The summed E-state index contributed by atoms with van der Waals surface area (Å²) in [6.07, 6.45) is 4.05. The van der Waals surface area contributed by atoms with Crippen LogP contribution in [0.15, 0.2) is 11.6 Å². The van der Waals surface area contributed by atoms with E-state index in [1.54, 1.807) is 14.0 Å². The Labute approximate surface area is 140 Å². The molecule has 0 heterocycles. The lowest BCUT2D eigenvalue weighted by Crippen LogP contribution is -2.55. The fraction of sp³-hybridized carbons (Fsp3) is 0.895. The van der Waals surface area contributed by atoms with Gasteiger partial charge in [-0.1, -0.05) is 33.3 Å². The zero-order valence-electron chi connectivity index (χ0n) is 15.2. The lowest BCUT2D eigenvalue weighted by molar-refractivity contribution is -0.134. The topological polar surface area (TPSA) is 69.9 Å². The summed E-state index contributed by atoms with van der Waals surface area (Å²) in [5, 5.41) is 31.3. The van der Waals surface area contributed by atoms with Crippen molar-refractivity contribution in [3.8, 4) is 0 Å². The average molecular weight is 326 g/mol. The van der Waals surface area contributed by atoms with E-state index in [0.717, 1.165) is 24.8 Å². The molecule has 3 N–H and O–H groups in total. The Kier molecular flexibility index (Phi) is 5.62. The molecule has 0 aromatic rings. The maximum absolute atomic E-state index is 10.9. The van der Waals surface area contributed by atoms with E-state index in [1.807, 2.05) is 0 Å². The minimum absolute atomic E-state index is 0.0570. The average Bonchev–Trinajstić information content (AvgIpc) is 2.50. The molecule has 4 heteroatoms. The first kappa shape index (κ1) is 18.9. The summed E-state index contributed by atoms with van der Waals surface area (Å²) < 4.78 is 5.21. The predicted molar refractivity (Wildman–Crippen MR) is 91.0 cm³/mol. The number of hydrogen-bond acceptors (Lipinski definition) is 4. The van der Waals surface area contributed by atoms with Gasteiger partial charge in [-0.3, -0.25) is 0 Å². The van der Waals surface area contributed by atoms with Crippen LogP contribution in [0.4, 0.5) is 0 Å². The van der Waals surface area contributed by atoms with Gasteiger partial charge in [-0.25, -0.2) is 0 Å². The molecule has 4 nitrogen and oxygen atoms in total. The van der Waals surface area contributed by atoms with Crippen LogP contribution in [0.2, 0.25) is 0 Å². The van der Waals surface area contributed by atoms with Gasteiger partial charge in [-0.15, -0.1) is 0 Å². The molecule has 0 aliphatic heterocycles. The second-order valence-electron chi connectivity index (χ2n) is 8.47. The van der Waals surface area contributed by atoms with Crippen LogP contribution in [0.1, 0.15) is 53.4 Å². The van der Waals surface area contributed by atoms with Crippen molar-refractivity contribution in [1.82, 2.24) is 0 Å². The van der Waals surface area contributed by atoms with Gasteiger partial charge in [0.05, 0.1) is 18.8 Å². The first-order valence-corrected chi connectivity index (χ1v) is 8.87. The van der Waals surface area contributed by atoms with Gasteiger partial charge in [0, 0.05) is 13.0 Å². The molecule has 134 valence electrons. The first-order chi connectivity index (χ1) is 10.7. The van der Waals surface area contributed by atoms with E-state index in [9.17, 15) is 15.3 Å². The van der Waals surface area contributed by atoms with Crippen LogP contribution in [-0.2, 0) is 4.74 Å². The highest BCUT2D eigenvalue weighted by molar-refractivity contribution is 5.22. The smallest absolute Gasteiger partial charge is 0.106 e. The van der Waals surface area contributed by atoms with E-state index in [2.05, 4.69) is 26.8 Å². The number of allylic oxidation sites excluding steroid dienone is 1. The molecule has 6 atom stereocenters. The Morgan fingerprint density at radius 2 is 1.91 bits per heavy atom. The van der Waals surface area contributed by atoms with Crippen molar-refractivity contribution in [2.75, 3.05) is 13.7 Å². The number of aliphatic hydroxyl groups excluding tert-OH is 3. The second kappa shape index (κ2) is 6.83. The summed E-state index contributed by atoms with van der Waals surface area (Å²) >= 11 is 0. The molecule has 0 aromatic heterocycles. The molecular weight excluding hydrogens is 292 g/mol. The van der Waals surface area contributed by atoms with Crippen molar-refractivity contribution < 1.29 is 20.1 Å². The van der Waals surface area contributed by atoms with Crippen LogP contribution in [0, 0.1) is 22.7 Å². The van der Waals surface area contributed by atoms with E-state index in [-0.39, 0.29) is 23.4 Å². The minimum Gasteiger partial charge on any atom is -0.392 e. The summed E-state index contributed by atoms with van der Waals surface area (Å²) in [4.78, 5) is 0. The summed E-state index contributed by atoms with van der Waals surface area (Å²) in [5.41, 5.74) is 0.971. The number of methoxy groups -OCH3 is 1. The number of ether oxygens (including phenoxy) is 1. The molecular formula is C19H34O4. The monoisotopic (exact) mass is 326 g/mol. The second-order valence-corrected chi connectivity index (χ2v) is 8.47. The fourth-order valence-corrected chi connectivity index (χ4v) is 5.33. The molecule has 0 radical (unpaired) electrons. The highest BCUT2D eigenvalue weighted by atomic mass is 16.5. The van der Waals surface area contributed by atoms with Crippen LogP contribution in [0.5, 0.6) is 0 Å². The van der Waals surface area contributed by atoms with Crippen molar-refractivity contribution in [3.63, 3.8) is 0 Å². The third kappa shape index (κ3) is 3.23. The Hall–Kier alpha value is -0.420. The SMILES string of the molecule is COC(C)[C@@H](O)[C@@H](O)[C@H]1C(CO)=CC[C@H]2C(C)(C)CCC[C@]12C. The molecule has 0 spiro atoms. The Morgan fingerprint density at radius 3 is 2.48 bits per heavy atom. The quantitative estimate of drug-likeness (QED) is 0.679. The number of aliphatic hydroxyl groups is 3. The van der Waals surface area contributed by atoms with Gasteiger partial charge >= 0.3 is 0 Å². The maximum Gasteiger partial charge on any atom is 0.106 e. The van der Waals surface area contributed by atoms with Crippen LogP contribution in [0.25, 0.3) is 0 Å². The maximum atomic E-state index is 10.9. The molecule has 0 bridgehead atoms. The molecule has 0 amide bonds. The fourth-order valence-electron chi connectivity index (χ4n) is 5.33. The minimum atomic E-state index is -0.958. The molecule has 0 saturated heterocycles.